The maximum absolute atomic E-state index is 13.9. The Bertz CT molecular complexity index is 1400. The van der Waals surface area contributed by atoms with Crippen LogP contribution in [0.4, 0.5) is 23.7 Å². The Morgan fingerprint density at radius 2 is 1.83 bits per heavy atom. The number of aliphatic hydroxyl groups is 1. The quantitative estimate of drug-likeness (QED) is 0.178. The van der Waals surface area contributed by atoms with E-state index in [1.807, 2.05) is 0 Å². The average Bonchev–Trinajstić information content (AvgIpc) is 3.29. The van der Waals surface area contributed by atoms with Gasteiger partial charge in [0.25, 0.3) is 5.91 Å². The lowest BCUT2D eigenvalue weighted by Crippen LogP contribution is -2.41. The molecule has 1 saturated carbocycles. The van der Waals surface area contributed by atoms with Gasteiger partial charge in [-0.25, -0.2) is 26.4 Å². The zero-order chi connectivity index (χ0) is 30.5. The second kappa shape index (κ2) is 13.3. The standard InChI is InChI=1S/C28H31ClF3NO7S/c1-4-10-39-27(35)40-15-28(36,5-2)14-18-7-6-16(3)25(18)41(37,38)23-11-17(8-9-20(23)29)26(34)33-19-12-21(30)24(32)22(31)13-19/h4,8-9,11-13,16,18,25,36H,1,5-7,10,14-15H2,2-3H3,(H,33,34)/t16?,18-,25?,28-/m0/s1. The molecule has 0 aliphatic heterocycles. The minimum Gasteiger partial charge on any atom is -0.431 e. The SMILES string of the molecule is C=CCOC(=O)OC[C@](O)(CC)C[C@@H]1CCC(C)C1S(=O)(=O)c1cc(C(=O)Nc2cc(F)c(F)c(F)c2)ccc1Cl. The fourth-order valence-electron chi connectivity index (χ4n) is 5.04. The lowest BCUT2D eigenvalue weighted by atomic mass is 9.87. The Morgan fingerprint density at radius 1 is 1.17 bits per heavy atom. The molecule has 1 fully saturated rings. The molecule has 13 heteroatoms. The number of carbonyl (C=O) groups is 2. The predicted molar refractivity (Wildman–Crippen MR) is 146 cm³/mol. The van der Waals surface area contributed by atoms with Crippen molar-refractivity contribution in [2.75, 3.05) is 18.5 Å². The van der Waals surface area contributed by atoms with Gasteiger partial charge in [0.1, 0.15) is 13.2 Å². The Kier molecular flexibility index (Phi) is 10.5. The van der Waals surface area contributed by atoms with Crippen molar-refractivity contribution in [3.63, 3.8) is 0 Å². The number of benzene rings is 2. The summed E-state index contributed by atoms with van der Waals surface area (Å²) in [7, 11) is -4.18. The Labute approximate surface area is 241 Å². The summed E-state index contributed by atoms with van der Waals surface area (Å²) in [6.07, 6.45) is 1.54. The van der Waals surface area contributed by atoms with E-state index in [1.54, 1.807) is 13.8 Å². The van der Waals surface area contributed by atoms with Gasteiger partial charge in [-0.3, -0.25) is 4.79 Å². The van der Waals surface area contributed by atoms with Gasteiger partial charge in [-0.05, 0) is 55.7 Å². The summed E-state index contributed by atoms with van der Waals surface area (Å²) >= 11 is 6.29. The third-order valence-corrected chi connectivity index (χ3v) is 10.2. The van der Waals surface area contributed by atoms with Crippen molar-refractivity contribution in [1.29, 1.82) is 0 Å². The van der Waals surface area contributed by atoms with E-state index in [1.165, 1.54) is 18.2 Å². The van der Waals surface area contributed by atoms with Crippen LogP contribution in [0.3, 0.4) is 0 Å². The second-order valence-corrected chi connectivity index (χ2v) is 12.6. The van der Waals surface area contributed by atoms with E-state index in [0.29, 0.717) is 25.0 Å². The van der Waals surface area contributed by atoms with Crippen molar-refractivity contribution >= 4 is 39.2 Å². The van der Waals surface area contributed by atoms with Crippen molar-refractivity contribution in [1.82, 2.24) is 0 Å². The van der Waals surface area contributed by atoms with Crippen LogP contribution in [0.25, 0.3) is 0 Å². The van der Waals surface area contributed by atoms with Gasteiger partial charge in [0.15, 0.2) is 27.3 Å². The van der Waals surface area contributed by atoms with Crippen LogP contribution < -0.4 is 5.32 Å². The number of halogens is 4. The first-order valence-corrected chi connectivity index (χ1v) is 14.8. The van der Waals surface area contributed by atoms with Crippen LogP contribution >= 0.6 is 11.6 Å². The molecule has 4 atom stereocenters. The largest absolute Gasteiger partial charge is 0.508 e. The predicted octanol–water partition coefficient (Wildman–Crippen LogP) is 6.07. The lowest BCUT2D eigenvalue weighted by Gasteiger charge is -2.32. The Balaban J connectivity index is 1.85. The molecule has 2 N–H and O–H groups in total. The van der Waals surface area contributed by atoms with Crippen LogP contribution in [-0.4, -0.2) is 49.7 Å². The number of hydrogen-bond acceptors (Lipinski definition) is 7. The zero-order valence-electron chi connectivity index (χ0n) is 22.5. The summed E-state index contributed by atoms with van der Waals surface area (Å²) in [6.45, 7) is 6.39. The van der Waals surface area contributed by atoms with Gasteiger partial charge in [0.2, 0.25) is 0 Å². The Morgan fingerprint density at radius 3 is 2.44 bits per heavy atom. The molecule has 8 nitrogen and oxygen atoms in total. The number of rotatable bonds is 11. The van der Waals surface area contributed by atoms with Crippen molar-refractivity contribution in [2.45, 2.75) is 55.3 Å². The van der Waals surface area contributed by atoms with E-state index >= 15 is 0 Å². The molecule has 2 unspecified atom stereocenters. The highest BCUT2D eigenvalue weighted by molar-refractivity contribution is 7.92. The average molecular weight is 618 g/mol. The van der Waals surface area contributed by atoms with Crippen molar-refractivity contribution in [2.24, 2.45) is 11.8 Å². The molecular formula is C28H31ClF3NO7S. The van der Waals surface area contributed by atoms with Gasteiger partial charge in [-0.2, -0.15) is 0 Å². The van der Waals surface area contributed by atoms with E-state index in [2.05, 4.69) is 11.9 Å². The zero-order valence-corrected chi connectivity index (χ0v) is 24.0. The number of hydrogen-bond donors (Lipinski definition) is 2. The highest BCUT2D eigenvalue weighted by atomic mass is 35.5. The third-order valence-electron chi connectivity index (χ3n) is 7.20. The third kappa shape index (κ3) is 7.60. The highest BCUT2D eigenvalue weighted by Gasteiger charge is 2.47. The van der Waals surface area contributed by atoms with Gasteiger partial charge < -0.3 is 19.9 Å². The van der Waals surface area contributed by atoms with Crippen LogP contribution in [0, 0.1) is 29.3 Å². The van der Waals surface area contributed by atoms with Crippen molar-refractivity contribution < 1.29 is 45.8 Å². The number of carbonyl (C=O) groups excluding carboxylic acids is 2. The molecular weight excluding hydrogens is 587 g/mol. The van der Waals surface area contributed by atoms with Crippen molar-refractivity contribution in [3.05, 3.63) is 71.0 Å². The summed E-state index contributed by atoms with van der Waals surface area (Å²) < 4.78 is 78.1. The minimum atomic E-state index is -4.18. The van der Waals surface area contributed by atoms with E-state index in [-0.39, 0.29) is 46.5 Å². The van der Waals surface area contributed by atoms with Gasteiger partial charge in [-0.15, -0.1) is 0 Å². The summed E-state index contributed by atoms with van der Waals surface area (Å²) in [5, 5.41) is 12.2. The number of ether oxygens (including phenoxy) is 2. The van der Waals surface area contributed by atoms with E-state index in [4.69, 9.17) is 21.1 Å². The summed E-state index contributed by atoms with van der Waals surface area (Å²) in [4.78, 5) is 24.2. The molecule has 0 heterocycles. The molecule has 0 aromatic heterocycles. The molecule has 1 amide bonds. The van der Waals surface area contributed by atoms with E-state index in [0.717, 1.165) is 6.07 Å². The molecule has 0 bridgehead atoms. The van der Waals surface area contributed by atoms with Crippen LogP contribution in [-0.2, 0) is 19.3 Å². The lowest BCUT2D eigenvalue weighted by molar-refractivity contribution is -0.0551. The molecule has 0 saturated heterocycles. The maximum atomic E-state index is 13.9. The van der Waals surface area contributed by atoms with E-state index < -0.39 is 62.7 Å². The molecule has 0 radical (unpaired) electrons. The smallest absolute Gasteiger partial charge is 0.431 e. The normalized spacial score (nSPS) is 20.2. The van der Waals surface area contributed by atoms with Crippen LogP contribution in [0.1, 0.15) is 49.9 Å². The molecule has 2 aromatic rings. The Hall–Kier alpha value is -3.09. The van der Waals surface area contributed by atoms with Crippen LogP contribution in [0.5, 0.6) is 0 Å². The monoisotopic (exact) mass is 617 g/mol. The van der Waals surface area contributed by atoms with Crippen LogP contribution in [0.15, 0.2) is 47.9 Å². The topological polar surface area (TPSA) is 119 Å². The van der Waals surface area contributed by atoms with Gasteiger partial charge in [0.05, 0.1) is 20.8 Å². The molecule has 3 rings (SSSR count). The maximum Gasteiger partial charge on any atom is 0.508 e. The summed E-state index contributed by atoms with van der Waals surface area (Å²) in [5.74, 6) is -6.48. The first-order chi connectivity index (χ1) is 19.2. The fraction of sp³-hybridized carbons (Fsp3) is 0.429. The summed E-state index contributed by atoms with van der Waals surface area (Å²) in [6, 6.07) is 4.70. The van der Waals surface area contributed by atoms with Gasteiger partial charge >= 0.3 is 6.16 Å². The molecule has 0 spiro atoms. The fourth-order valence-corrected chi connectivity index (χ4v) is 7.89. The first-order valence-electron chi connectivity index (χ1n) is 12.8. The first kappa shape index (κ1) is 32.4. The minimum absolute atomic E-state index is 0.00592. The molecule has 41 heavy (non-hydrogen) atoms. The number of nitrogens with one attached hydrogen (secondary N) is 1. The highest BCUT2D eigenvalue weighted by Crippen LogP contribution is 2.44. The van der Waals surface area contributed by atoms with Gasteiger partial charge in [-0.1, -0.05) is 38.1 Å². The second-order valence-electron chi connectivity index (χ2n) is 10.1. The number of amides is 1. The van der Waals surface area contributed by atoms with Crippen molar-refractivity contribution in [3.8, 4) is 0 Å². The van der Waals surface area contributed by atoms with E-state index in [9.17, 15) is 36.3 Å². The molecule has 224 valence electrons. The molecule has 2 aromatic carbocycles. The number of anilines is 1. The summed E-state index contributed by atoms with van der Waals surface area (Å²) in [5.41, 5.74) is -2.07. The molecule has 1 aliphatic carbocycles. The number of sulfone groups is 1. The van der Waals surface area contributed by atoms with Gasteiger partial charge in [0, 0.05) is 23.4 Å². The molecule has 1 aliphatic rings. The van der Waals surface area contributed by atoms with Crippen LogP contribution in [0.2, 0.25) is 5.02 Å².